The summed E-state index contributed by atoms with van der Waals surface area (Å²) < 4.78 is 5.68. The van der Waals surface area contributed by atoms with Crippen LogP contribution in [0.3, 0.4) is 0 Å². The van der Waals surface area contributed by atoms with E-state index in [9.17, 15) is 0 Å². The molecule has 0 atom stereocenters. The summed E-state index contributed by atoms with van der Waals surface area (Å²) in [5.41, 5.74) is 7.33. The van der Waals surface area contributed by atoms with Crippen LogP contribution in [0, 0.1) is 0 Å². The van der Waals surface area contributed by atoms with Gasteiger partial charge in [0.2, 0.25) is 0 Å². The van der Waals surface area contributed by atoms with Gasteiger partial charge in [-0.05, 0) is 42.7 Å². The average molecular weight is 260 g/mol. The Balaban J connectivity index is 1.97. The van der Waals surface area contributed by atoms with Crippen molar-refractivity contribution < 1.29 is 4.74 Å². The van der Waals surface area contributed by atoms with Crippen molar-refractivity contribution in [2.45, 2.75) is 18.0 Å². The number of hydrogen-bond acceptors (Lipinski definition) is 4. The van der Waals surface area contributed by atoms with Crippen molar-refractivity contribution in [3.05, 3.63) is 53.9 Å². The first-order chi connectivity index (χ1) is 8.81. The van der Waals surface area contributed by atoms with E-state index in [1.165, 1.54) is 4.90 Å². The molecule has 2 rings (SSSR count). The fourth-order valence-corrected chi connectivity index (χ4v) is 1.96. The second-order valence-corrected chi connectivity index (χ2v) is 4.67. The van der Waals surface area contributed by atoms with Crippen LogP contribution in [0.1, 0.15) is 11.4 Å². The highest BCUT2D eigenvalue weighted by atomic mass is 32.2. The first-order valence-electron chi connectivity index (χ1n) is 5.73. The second kappa shape index (κ2) is 6.42. The van der Waals surface area contributed by atoms with Crippen LogP contribution < -0.4 is 10.5 Å². The van der Waals surface area contributed by atoms with Crippen LogP contribution in [-0.2, 0) is 13.2 Å². The van der Waals surface area contributed by atoms with Crippen LogP contribution in [0.15, 0.2) is 47.4 Å². The molecular formula is C14H16N2OS. The Hall–Kier alpha value is -1.52. The third-order valence-corrected chi connectivity index (χ3v) is 3.26. The quantitative estimate of drug-likeness (QED) is 0.840. The van der Waals surface area contributed by atoms with Crippen molar-refractivity contribution in [3.8, 4) is 5.75 Å². The molecule has 2 aromatic rings. The molecule has 0 radical (unpaired) electrons. The van der Waals surface area contributed by atoms with Crippen LogP contribution in [0.25, 0.3) is 0 Å². The topological polar surface area (TPSA) is 48.1 Å². The van der Waals surface area contributed by atoms with Crippen molar-refractivity contribution >= 4 is 11.8 Å². The molecular weight excluding hydrogens is 244 g/mol. The highest BCUT2D eigenvalue weighted by molar-refractivity contribution is 7.98. The van der Waals surface area contributed by atoms with Gasteiger partial charge in [-0.1, -0.05) is 6.07 Å². The molecule has 0 aliphatic rings. The maximum Gasteiger partial charge on any atom is 0.130 e. The molecule has 0 saturated carbocycles. The summed E-state index contributed by atoms with van der Waals surface area (Å²) >= 11 is 1.72. The molecule has 0 spiro atoms. The monoisotopic (exact) mass is 260 g/mol. The number of rotatable bonds is 5. The lowest BCUT2D eigenvalue weighted by Gasteiger charge is -2.07. The van der Waals surface area contributed by atoms with Gasteiger partial charge in [0, 0.05) is 11.4 Å². The number of thioether (sulfide) groups is 1. The number of nitrogens with zero attached hydrogens (tertiary/aromatic N) is 1. The predicted octanol–water partition coefficient (Wildman–Crippen LogP) is 2.84. The second-order valence-electron chi connectivity index (χ2n) is 3.79. The maximum atomic E-state index is 5.68. The lowest BCUT2D eigenvalue weighted by molar-refractivity contribution is 0.301. The van der Waals surface area contributed by atoms with Gasteiger partial charge >= 0.3 is 0 Å². The van der Waals surface area contributed by atoms with Gasteiger partial charge < -0.3 is 10.5 Å². The van der Waals surface area contributed by atoms with Gasteiger partial charge in [-0.2, -0.15) is 0 Å². The minimum absolute atomic E-state index is 0.455. The largest absolute Gasteiger partial charge is 0.487 e. The standard InChI is InChI=1S/C14H16N2OS/c1-18-14-7-5-13(6-8-14)17-10-12-4-2-3-11(9-15)16-12/h2-8H,9-10,15H2,1H3. The molecule has 3 nitrogen and oxygen atoms in total. The van der Waals surface area contributed by atoms with E-state index in [0.29, 0.717) is 13.2 Å². The zero-order valence-electron chi connectivity index (χ0n) is 10.3. The minimum atomic E-state index is 0.455. The van der Waals surface area contributed by atoms with E-state index in [2.05, 4.69) is 11.2 Å². The molecule has 0 amide bonds. The van der Waals surface area contributed by atoms with Gasteiger partial charge in [-0.15, -0.1) is 11.8 Å². The molecule has 1 aromatic carbocycles. The fraction of sp³-hybridized carbons (Fsp3) is 0.214. The number of benzene rings is 1. The average Bonchev–Trinajstić information content (AvgIpc) is 2.46. The Labute approximate surface area is 111 Å². The van der Waals surface area contributed by atoms with Gasteiger partial charge in [-0.25, -0.2) is 0 Å². The number of pyridine rings is 1. The highest BCUT2D eigenvalue weighted by Crippen LogP contribution is 2.19. The van der Waals surface area contributed by atoms with E-state index in [-0.39, 0.29) is 0 Å². The van der Waals surface area contributed by atoms with E-state index < -0.39 is 0 Å². The lowest BCUT2D eigenvalue weighted by atomic mass is 10.3. The molecule has 0 saturated heterocycles. The Morgan fingerprint density at radius 3 is 2.50 bits per heavy atom. The molecule has 2 N–H and O–H groups in total. The van der Waals surface area contributed by atoms with Crippen LogP contribution in [0.5, 0.6) is 5.75 Å². The molecule has 94 valence electrons. The summed E-state index contributed by atoms with van der Waals surface area (Å²) in [5.74, 6) is 0.854. The maximum absolute atomic E-state index is 5.68. The summed E-state index contributed by atoms with van der Waals surface area (Å²) in [5, 5.41) is 0. The Morgan fingerprint density at radius 2 is 1.83 bits per heavy atom. The summed E-state index contributed by atoms with van der Waals surface area (Å²) in [7, 11) is 0. The van der Waals surface area contributed by atoms with Crippen molar-refractivity contribution in [1.82, 2.24) is 4.98 Å². The molecule has 1 aromatic heterocycles. The lowest BCUT2D eigenvalue weighted by Crippen LogP contribution is -2.04. The number of hydrogen-bond donors (Lipinski definition) is 1. The third kappa shape index (κ3) is 3.48. The molecule has 0 fully saturated rings. The fourth-order valence-electron chi connectivity index (χ4n) is 1.55. The van der Waals surface area contributed by atoms with Crippen molar-refractivity contribution in [2.75, 3.05) is 6.26 Å². The van der Waals surface area contributed by atoms with Gasteiger partial charge in [0.25, 0.3) is 0 Å². The number of aromatic nitrogens is 1. The number of ether oxygens (including phenoxy) is 1. The summed E-state index contributed by atoms with van der Waals surface area (Å²) in [6.45, 7) is 0.919. The summed E-state index contributed by atoms with van der Waals surface area (Å²) in [4.78, 5) is 5.61. The van der Waals surface area contributed by atoms with Crippen LogP contribution in [0.4, 0.5) is 0 Å². The molecule has 0 unspecified atom stereocenters. The van der Waals surface area contributed by atoms with E-state index in [4.69, 9.17) is 10.5 Å². The minimum Gasteiger partial charge on any atom is -0.487 e. The van der Waals surface area contributed by atoms with Gasteiger partial charge in [-0.3, -0.25) is 4.98 Å². The van der Waals surface area contributed by atoms with E-state index in [1.807, 2.05) is 42.5 Å². The molecule has 0 aliphatic carbocycles. The van der Waals surface area contributed by atoms with Crippen LogP contribution in [0.2, 0.25) is 0 Å². The summed E-state index contributed by atoms with van der Waals surface area (Å²) in [6, 6.07) is 13.8. The van der Waals surface area contributed by atoms with Crippen LogP contribution in [-0.4, -0.2) is 11.2 Å². The normalized spacial score (nSPS) is 10.3. The zero-order chi connectivity index (χ0) is 12.8. The van der Waals surface area contributed by atoms with Crippen LogP contribution >= 0.6 is 11.8 Å². The molecule has 4 heteroatoms. The molecule has 0 aliphatic heterocycles. The van der Waals surface area contributed by atoms with E-state index in [0.717, 1.165) is 17.1 Å². The zero-order valence-corrected chi connectivity index (χ0v) is 11.1. The highest BCUT2D eigenvalue weighted by Gasteiger charge is 1.99. The van der Waals surface area contributed by atoms with Gasteiger partial charge in [0.1, 0.15) is 12.4 Å². The first kappa shape index (κ1) is 12.9. The van der Waals surface area contributed by atoms with Gasteiger partial charge in [0.05, 0.1) is 11.4 Å². The Morgan fingerprint density at radius 1 is 1.11 bits per heavy atom. The smallest absolute Gasteiger partial charge is 0.130 e. The van der Waals surface area contributed by atoms with E-state index >= 15 is 0 Å². The Kier molecular flexibility index (Phi) is 4.61. The molecule has 18 heavy (non-hydrogen) atoms. The van der Waals surface area contributed by atoms with Crippen molar-refractivity contribution in [2.24, 2.45) is 5.73 Å². The van der Waals surface area contributed by atoms with Gasteiger partial charge in [0.15, 0.2) is 0 Å². The third-order valence-electron chi connectivity index (χ3n) is 2.52. The molecule has 1 heterocycles. The predicted molar refractivity (Wildman–Crippen MR) is 74.7 cm³/mol. The molecule has 0 bridgehead atoms. The van der Waals surface area contributed by atoms with Crippen molar-refractivity contribution in [1.29, 1.82) is 0 Å². The van der Waals surface area contributed by atoms with E-state index in [1.54, 1.807) is 11.8 Å². The Bertz CT molecular complexity index is 499. The van der Waals surface area contributed by atoms with Crippen molar-refractivity contribution in [3.63, 3.8) is 0 Å². The first-order valence-corrected chi connectivity index (χ1v) is 6.96. The summed E-state index contributed by atoms with van der Waals surface area (Å²) in [6.07, 6.45) is 2.05. The number of nitrogens with two attached hydrogens (primary N) is 1. The SMILES string of the molecule is CSc1ccc(OCc2cccc(CN)n2)cc1.